The second-order valence-corrected chi connectivity index (χ2v) is 8.72. The molecule has 0 spiro atoms. The Kier molecular flexibility index (Phi) is 6.33. The third-order valence-electron chi connectivity index (χ3n) is 4.75. The predicted molar refractivity (Wildman–Crippen MR) is 118 cm³/mol. The molecule has 0 amide bonds. The lowest BCUT2D eigenvalue weighted by Crippen LogP contribution is -2.39. The van der Waals surface area contributed by atoms with Crippen LogP contribution in [0.5, 0.6) is 5.75 Å². The predicted octanol–water partition coefficient (Wildman–Crippen LogP) is 3.46. The summed E-state index contributed by atoms with van der Waals surface area (Å²) in [6.07, 6.45) is 1.50. The lowest BCUT2D eigenvalue weighted by Gasteiger charge is -2.23. The van der Waals surface area contributed by atoms with Gasteiger partial charge in [-0.25, -0.2) is 9.79 Å². The molecular formula is C22H18F2N2O4S2. The number of fused-ring (bicyclic) bond motifs is 1. The summed E-state index contributed by atoms with van der Waals surface area (Å²) in [6.45, 7) is 0.620. The number of hydrogen-bond donors (Lipinski definition) is 0. The van der Waals surface area contributed by atoms with E-state index in [1.54, 1.807) is 32.0 Å². The molecule has 3 aromatic rings. The van der Waals surface area contributed by atoms with Gasteiger partial charge in [-0.05, 0) is 37.4 Å². The number of ether oxygens (including phenoxy) is 2. The van der Waals surface area contributed by atoms with E-state index in [0.717, 1.165) is 16.2 Å². The molecule has 1 aliphatic rings. The highest BCUT2D eigenvalue weighted by molar-refractivity contribution is 7.10. The van der Waals surface area contributed by atoms with Crippen molar-refractivity contribution in [3.63, 3.8) is 0 Å². The summed E-state index contributed by atoms with van der Waals surface area (Å²) in [4.78, 5) is 31.8. The second-order valence-electron chi connectivity index (χ2n) is 6.73. The maximum atomic E-state index is 13.4. The summed E-state index contributed by atoms with van der Waals surface area (Å²) >= 11 is 2.53. The number of aromatic nitrogens is 1. The highest BCUT2D eigenvalue weighted by Gasteiger charge is 2.33. The van der Waals surface area contributed by atoms with Crippen molar-refractivity contribution in [2.75, 3.05) is 6.61 Å². The molecule has 0 unspecified atom stereocenters. The Hall–Kier alpha value is -3.11. The largest absolute Gasteiger partial charge is 0.463 e. The average Bonchev–Trinajstić information content (AvgIpc) is 3.37. The number of para-hydroxylation sites is 1. The van der Waals surface area contributed by atoms with Crippen molar-refractivity contribution < 1.29 is 23.0 Å². The van der Waals surface area contributed by atoms with Crippen LogP contribution >= 0.6 is 22.7 Å². The van der Waals surface area contributed by atoms with Gasteiger partial charge in [-0.1, -0.05) is 35.6 Å². The monoisotopic (exact) mass is 476 g/mol. The number of rotatable bonds is 6. The first-order valence-electron chi connectivity index (χ1n) is 9.67. The standard InChI is InChI=1S/C22H18F2N2O4S2/c1-3-29-20(28)17-12(2)25-22-26(18(17)15-9-6-10-31-15)19(27)16(32-22)11-13-7-4-5-8-14(13)30-21(23)24/h4-11,18,21H,3H2,1-2H3/b16-11+/t18-/m1/s1. The molecule has 6 nitrogen and oxygen atoms in total. The molecule has 1 aromatic carbocycles. The van der Waals surface area contributed by atoms with Gasteiger partial charge >= 0.3 is 12.6 Å². The molecule has 1 atom stereocenters. The second kappa shape index (κ2) is 9.17. The fourth-order valence-electron chi connectivity index (χ4n) is 3.45. The minimum Gasteiger partial charge on any atom is -0.463 e. The zero-order chi connectivity index (χ0) is 22.8. The van der Waals surface area contributed by atoms with Gasteiger partial charge in [0.1, 0.15) is 11.8 Å². The molecular weight excluding hydrogens is 458 g/mol. The molecule has 0 bridgehead atoms. The minimum absolute atomic E-state index is 0.0356. The van der Waals surface area contributed by atoms with E-state index >= 15 is 0 Å². The van der Waals surface area contributed by atoms with Crippen LogP contribution in [-0.4, -0.2) is 23.8 Å². The maximum Gasteiger partial charge on any atom is 0.387 e. The van der Waals surface area contributed by atoms with Crippen molar-refractivity contribution >= 4 is 34.7 Å². The van der Waals surface area contributed by atoms with Gasteiger partial charge in [-0.2, -0.15) is 8.78 Å². The molecule has 0 N–H and O–H groups in total. The number of halogens is 2. The van der Waals surface area contributed by atoms with Crippen molar-refractivity contribution in [1.29, 1.82) is 0 Å². The van der Waals surface area contributed by atoms with Gasteiger partial charge in [-0.3, -0.25) is 9.36 Å². The van der Waals surface area contributed by atoms with Crippen LogP contribution in [0.4, 0.5) is 8.78 Å². The zero-order valence-electron chi connectivity index (χ0n) is 17.1. The Labute approximate surface area is 189 Å². The number of benzene rings is 1. The van der Waals surface area contributed by atoms with E-state index in [1.165, 1.54) is 28.0 Å². The Morgan fingerprint density at radius 3 is 2.75 bits per heavy atom. The van der Waals surface area contributed by atoms with Crippen LogP contribution in [0.1, 0.15) is 30.3 Å². The number of nitrogens with zero attached hydrogens (tertiary/aromatic N) is 2. The number of thiazole rings is 1. The number of allylic oxidation sites excluding steroid dienone is 1. The van der Waals surface area contributed by atoms with E-state index in [2.05, 4.69) is 9.73 Å². The minimum atomic E-state index is -2.99. The quantitative estimate of drug-likeness (QED) is 0.511. The van der Waals surface area contributed by atoms with Crippen LogP contribution < -0.4 is 19.6 Å². The van der Waals surface area contributed by atoms with Gasteiger partial charge in [0.25, 0.3) is 5.56 Å². The summed E-state index contributed by atoms with van der Waals surface area (Å²) in [5.74, 6) is -0.566. The number of esters is 1. The van der Waals surface area contributed by atoms with E-state index < -0.39 is 18.6 Å². The maximum absolute atomic E-state index is 13.4. The fourth-order valence-corrected chi connectivity index (χ4v) is 5.31. The Bertz CT molecular complexity index is 1360. The van der Waals surface area contributed by atoms with E-state index in [9.17, 15) is 18.4 Å². The van der Waals surface area contributed by atoms with Crippen LogP contribution in [0.15, 0.2) is 62.8 Å². The SMILES string of the molecule is CCOC(=O)C1=C(C)N=c2s/c(=C/c3ccccc3OC(F)F)c(=O)n2[C@@H]1c1cccs1. The van der Waals surface area contributed by atoms with E-state index in [-0.39, 0.29) is 22.4 Å². The van der Waals surface area contributed by atoms with Gasteiger partial charge in [0, 0.05) is 10.4 Å². The first-order valence-corrected chi connectivity index (χ1v) is 11.4. The summed E-state index contributed by atoms with van der Waals surface area (Å²) in [6, 6.07) is 9.23. The van der Waals surface area contributed by atoms with Crippen LogP contribution in [-0.2, 0) is 9.53 Å². The molecule has 0 saturated carbocycles. The summed E-state index contributed by atoms with van der Waals surface area (Å²) in [7, 11) is 0. The topological polar surface area (TPSA) is 69.9 Å². The Morgan fingerprint density at radius 2 is 2.06 bits per heavy atom. The molecule has 0 aliphatic carbocycles. The Balaban J connectivity index is 1.91. The molecule has 3 heterocycles. The average molecular weight is 477 g/mol. The molecule has 0 saturated heterocycles. The summed E-state index contributed by atoms with van der Waals surface area (Å²) < 4.78 is 37.1. The van der Waals surface area contributed by atoms with Gasteiger partial charge in [-0.15, -0.1) is 11.3 Å². The zero-order valence-corrected chi connectivity index (χ0v) is 18.7. The molecule has 166 valence electrons. The van der Waals surface area contributed by atoms with Crippen molar-refractivity contribution in [3.05, 3.63) is 83.2 Å². The summed E-state index contributed by atoms with van der Waals surface area (Å²) in [5.41, 5.74) is 0.728. The van der Waals surface area contributed by atoms with Gasteiger partial charge in [0.05, 0.1) is 22.4 Å². The molecule has 0 fully saturated rings. The third kappa shape index (κ3) is 4.15. The number of carbonyl (C=O) groups excluding carboxylic acids is 1. The van der Waals surface area contributed by atoms with E-state index in [0.29, 0.717) is 21.6 Å². The fraction of sp³-hybridized carbons (Fsp3) is 0.227. The molecule has 2 aromatic heterocycles. The molecule has 0 radical (unpaired) electrons. The van der Waals surface area contributed by atoms with Gasteiger partial charge in [0.2, 0.25) is 0 Å². The first kappa shape index (κ1) is 22.1. The number of hydrogen-bond acceptors (Lipinski definition) is 7. The van der Waals surface area contributed by atoms with Crippen LogP contribution in [0, 0.1) is 0 Å². The van der Waals surface area contributed by atoms with Crippen LogP contribution in [0.2, 0.25) is 0 Å². The molecule has 1 aliphatic heterocycles. The van der Waals surface area contributed by atoms with Gasteiger partial charge < -0.3 is 9.47 Å². The smallest absolute Gasteiger partial charge is 0.387 e. The van der Waals surface area contributed by atoms with Crippen molar-refractivity contribution in [1.82, 2.24) is 4.57 Å². The third-order valence-corrected chi connectivity index (χ3v) is 6.66. The normalized spacial score (nSPS) is 16.2. The highest BCUT2D eigenvalue weighted by atomic mass is 32.1. The molecule has 32 heavy (non-hydrogen) atoms. The van der Waals surface area contributed by atoms with E-state index in [1.807, 2.05) is 17.5 Å². The molecule has 4 rings (SSSR count). The van der Waals surface area contributed by atoms with Crippen molar-refractivity contribution in [2.45, 2.75) is 26.5 Å². The molecule has 10 heteroatoms. The van der Waals surface area contributed by atoms with Crippen molar-refractivity contribution in [3.8, 4) is 5.75 Å². The lowest BCUT2D eigenvalue weighted by atomic mass is 10.0. The lowest BCUT2D eigenvalue weighted by molar-refractivity contribution is -0.139. The van der Waals surface area contributed by atoms with Gasteiger partial charge in [0.15, 0.2) is 4.80 Å². The van der Waals surface area contributed by atoms with Crippen molar-refractivity contribution in [2.24, 2.45) is 4.99 Å². The Morgan fingerprint density at radius 1 is 1.28 bits per heavy atom. The number of carbonyl (C=O) groups is 1. The number of thiophene rings is 1. The van der Waals surface area contributed by atoms with Crippen LogP contribution in [0.3, 0.4) is 0 Å². The number of alkyl halides is 2. The van der Waals surface area contributed by atoms with E-state index in [4.69, 9.17) is 4.74 Å². The van der Waals surface area contributed by atoms with Crippen LogP contribution in [0.25, 0.3) is 6.08 Å². The highest BCUT2D eigenvalue weighted by Crippen LogP contribution is 2.33. The first-order chi connectivity index (χ1) is 15.4. The summed E-state index contributed by atoms with van der Waals surface area (Å²) in [5, 5.41) is 1.86.